The second-order valence-electron chi connectivity index (χ2n) is 3.56. The molecule has 4 unspecified atom stereocenters. The van der Waals surface area contributed by atoms with Crippen LogP contribution in [0.15, 0.2) is 12.2 Å². The summed E-state index contributed by atoms with van der Waals surface area (Å²) in [4.78, 5) is 0. The summed E-state index contributed by atoms with van der Waals surface area (Å²) in [5.41, 5.74) is 0. The van der Waals surface area contributed by atoms with Crippen LogP contribution in [0.3, 0.4) is 0 Å². The van der Waals surface area contributed by atoms with Crippen molar-refractivity contribution in [1.29, 1.82) is 0 Å². The molecule has 0 aromatic heterocycles. The van der Waals surface area contributed by atoms with Crippen molar-refractivity contribution < 1.29 is 5.11 Å². The van der Waals surface area contributed by atoms with Crippen molar-refractivity contribution in [2.75, 3.05) is 0 Å². The Morgan fingerprint density at radius 1 is 1.45 bits per heavy atom. The van der Waals surface area contributed by atoms with Crippen molar-refractivity contribution in [3.8, 4) is 12.3 Å². The fourth-order valence-corrected chi connectivity index (χ4v) is 2.31. The summed E-state index contributed by atoms with van der Waals surface area (Å²) in [7, 11) is 0. The minimum Gasteiger partial charge on any atom is -0.380 e. The molecule has 0 saturated heterocycles. The summed E-state index contributed by atoms with van der Waals surface area (Å²) in [6, 6.07) is 0. The molecular weight excluding hydrogens is 136 g/mol. The highest BCUT2D eigenvalue weighted by Crippen LogP contribution is 2.44. The molecule has 0 amide bonds. The molecule has 1 saturated carbocycles. The predicted octanol–water partition coefficient (Wildman–Crippen LogP) is 1.19. The SMILES string of the molecule is C#CC(O)C1CC2C=CC1C2. The van der Waals surface area contributed by atoms with Crippen molar-refractivity contribution in [2.45, 2.75) is 18.9 Å². The number of fused-ring (bicyclic) bond motifs is 2. The van der Waals surface area contributed by atoms with Gasteiger partial charge in [-0.05, 0) is 24.7 Å². The van der Waals surface area contributed by atoms with Gasteiger partial charge in [0.1, 0.15) is 6.10 Å². The number of rotatable bonds is 1. The molecule has 0 aliphatic heterocycles. The Hall–Kier alpha value is -0.740. The summed E-state index contributed by atoms with van der Waals surface area (Å²) in [6.07, 6.45) is 11.4. The lowest BCUT2D eigenvalue weighted by atomic mass is 9.89. The molecular formula is C10H12O. The topological polar surface area (TPSA) is 20.2 Å². The summed E-state index contributed by atoms with van der Waals surface area (Å²) in [6.45, 7) is 0. The highest BCUT2D eigenvalue weighted by Gasteiger charge is 2.38. The van der Waals surface area contributed by atoms with E-state index in [4.69, 9.17) is 6.42 Å². The van der Waals surface area contributed by atoms with E-state index < -0.39 is 6.10 Å². The van der Waals surface area contributed by atoms with Crippen LogP contribution in [0.4, 0.5) is 0 Å². The van der Waals surface area contributed by atoms with Gasteiger partial charge in [-0.15, -0.1) is 6.42 Å². The fraction of sp³-hybridized carbons (Fsp3) is 0.600. The van der Waals surface area contributed by atoms with Crippen LogP contribution in [0.2, 0.25) is 0 Å². The normalized spacial score (nSPS) is 42.4. The molecule has 0 heterocycles. The average molecular weight is 148 g/mol. The zero-order chi connectivity index (χ0) is 7.84. The maximum absolute atomic E-state index is 9.41. The molecule has 1 nitrogen and oxygen atoms in total. The molecule has 0 spiro atoms. The minimum absolute atomic E-state index is 0.343. The Bertz CT molecular complexity index is 224. The zero-order valence-electron chi connectivity index (χ0n) is 6.40. The maximum Gasteiger partial charge on any atom is 0.117 e. The van der Waals surface area contributed by atoms with Crippen LogP contribution in [0, 0.1) is 30.1 Å². The smallest absolute Gasteiger partial charge is 0.117 e. The van der Waals surface area contributed by atoms with Crippen LogP contribution >= 0.6 is 0 Å². The molecule has 2 rings (SSSR count). The van der Waals surface area contributed by atoms with Crippen LogP contribution in [0.5, 0.6) is 0 Å². The van der Waals surface area contributed by atoms with E-state index in [-0.39, 0.29) is 0 Å². The molecule has 58 valence electrons. The second kappa shape index (κ2) is 2.39. The van der Waals surface area contributed by atoms with E-state index in [1.165, 1.54) is 6.42 Å². The van der Waals surface area contributed by atoms with Crippen molar-refractivity contribution in [1.82, 2.24) is 0 Å². The van der Waals surface area contributed by atoms with Gasteiger partial charge in [-0.3, -0.25) is 0 Å². The Morgan fingerprint density at radius 3 is 2.73 bits per heavy atom. The quantitative estimate of drug-likeness (QED) is 0.437. The fourth-order valence-electron chi connectivity index (χ4n) is 2.31. The van der Waals surface area contributed by atoms with Crippen molar-refractivity contribution in [3.63, 3.8) is 0 Å². The maximum atomic E-state index is 9.41. The van der Waals surface area contributed by atoms with Crippen molar-refractivity contribution in [2.24, 2.45) is 17.8 Å². The number of aliphatic hydroxyl groups excluding tert-OH is 1. The first-order valence-corrected chi connectivity index (χ1v) is 4.14. The van der Waals surface area contributed by atoms with Crippen LogP contribution in [-0.2, 0) is 0 Å². The van der Waals surface area contributed by atoms with Gasteiger partial charge in [0, 0.05) is 5.92 Å². The standard InChI is InChI=1S/C10H12O/c1-2-10(11)9-6-7-3-4-8(9)5-7/h1,3-4,7-11H,5-6H2. The van der Waals surface area contributed by atoms with Gasteiger partial charge in [-0.2, -0.15) is 0 Å². The lowest BCUT2D eigenvalue weighted by Crippen LogP contribution is -2.22. The van der Waals surface area contributed by atoms with E-state index in [0.29, 0.717) is 17.8 Å². The first-order valence-electron chi connectivity index (χ1n) is 4.14. The summed E-state index contributed by atoms with van der Waals surface area (Å²) < 4.78 is 0. The van der Waals surface area contributed by atoms with E-state index >= 15 is 0 Å². The van der Waals surface area contributed by atoms with Gasteiger partial charge in [-0.1, -0.05) is 18.1 Å². The molecule has 2 bridgehead atoms. The monoisotopic (exact) mass is 148 g/mol. The molecule has 0 radical (unpaired) electrons. The number of allylic oxidation sites excluding steroid dienone is 2. The highest BCUT2D eigenvalue weighted by atomic mass is 16.3. The highest BCUT2D eigenvalue weighted by molar-refractivity contribution is 5.14. The van der Waals surface area contributed by atoms with E-state index in [0.717, 1.165) is 6.42 Å². The molecule has 0 aromatic carbocycles. The molecule has 1 heteroatoms. The predicted molar refractivity (Wildman–Crippen MR) is 43.7 cm³/mol. The lowest BCUT2D eigenvalue weighted by Gasteiger charge is -2.19. The molecule has 2 aliphatic carbocycles. The average Bonchev–Trinajstić information content (AvgIpc) is 2.62. The van der Waals surface area contributed by atoms with E-state index in [1.54, 1.807) is 0 Å². The summed E-state index contributed by atoms with van der Waals surface area (Å²) in [5.74, 6) is 4.02. The van der Waals surface area contributed by atoms with E-state index in [2.05, 4.69) is 18.1 Å². The third-order valence-electron chi connectivity index (χ3n) is 2.91. The Kier molecular flexibility index (Phi) is 1.51. The van der Waals surface area contributed by atoms with E-state index in [9.17, 15) is 5.11 Å². The number of hydrogen-bond donors (Lipinski definition) is 1. The third-order valence-corrected chi connectivity index (χ3v) is 2.91. The molecule has 1 fully saturated rings. The van der Waals surface area contributed by atoms with Crippen LogP contribution in [-0.4, -0.2) is 11.2 Å². The van der Waals surface area contributed by atoms with Gasteiger partial charge < -0.3 is 5.11 Å². The van der Waals surface area contributed by atoms with Crippen LogP contribution < -0.4 is 0 Å². The molecule has 0 aromatic rings. The van der Waals surface area contributed by atoms with Gasteiger partial charge in [0.15, 0.2) is 0 Å². The Morgan fingerprint density at radius 2 is 2.27 bits per heavy atom. The summed E-state index contributed by atoms with van der Waals surface area (Å²) >= 11 is 0. The van der Waals surface area contributed by atoms with Gasteiger partial charge >= 0.3 is 0 Å². The van der Waals surface area contributed by atoms with Crippen LogP contribution in [0.1, 0.15) is 12.8 Å². The summed E-state index contributed by atoms with van der Waals surface area (Å²) in [5, 5.41) is 9.41. The van der Waals surface area contributed by atoms with Gasteiger partial charge in [-0.25, -0.2) is 0 Å². The number of aliphatic hydroxyl groups is 1. The number of terminal acetylenes is 1. The Balaban J connectivity index is 2.10. The van der Waals surface area contributed by atoms with Crippen molar-refractivity contribution in [3.05, 3.63) is 12.2 Å². The van der Waals surface area contributed by atoms with Gasteiger partial charge in [0.25, 0.3) is 0 Å². The Labute approximate surface area is 67.1 Å². The molecule has 1 N–H and O–H groups in total. The second-order valence-corrected chi connectivity index (χ2v) is 3.56. The number of hydrogen-bond acceptors (Lipinski definition) is 1. The largest absolute Gasteiger partial charge is 0.380 e. The first kappa shape index (κ1) is 6.94. The van der Waals surface area contributed by atoms with E-state index in [1.807, 2.05) is 0 Å². The molecule has 11 heavy (non-hydrogen) atoms. The van der Waals surface area contributed by atoms with Crippen molar-refractivity contribution >= 4 is 0 Å². The first-order chi connectivity index (χ1) is 5.31. The minimum atomic E-state index is -0.519. The van der Waals surface area contributed by atoms with Gasteiger partial charge in [0.05, 0.1) is 0 Å². The molecule has 2 aliphatic rings. The lowest BCUT2D eigenvalue weighted by molar-refractivity contribution is 0.145. The van der Waals surface area contributed by atoms with Gasteiger partial charge in [0.2, 0.25) is 0 Å². The zero-order valence-corrected chi connectivity index (χ0v) is 6.40. The third kappa shape index (κ3) is 0.985. The molecule has 4 atom stereocenters. The van der Waals surface area contributed by atoms with Crippen LogP contribution in [0.25, 0.3) is 0 Å².